The first-order chi connectivity index (χ1) is 6.07. The number of carboxylic acid groups (broad SMARTS) is 1. The van der Waals surface area contributed by atoms with Crippen LogP contribution in [-0.4, -0.2) is 35.9 Å². The number of aliphatic carboxylic acids is 1. The molecule has 2 atom stereocenters. The summed E-state index contributed by atoms with van der Waals surface area (Å²) in [6, 6.07) is -0.972. The molecule has 6 heteroatoms. The Morgan fingerprint density at radius 3 is 2.92 bits per heavy atom. The Kier molecular flexibility index (Phi) is 6.72. The Bertz CT molecular complexity index is 195. The number of carboxylic acids is 1. The van der Waals surface area contributed by atoms with Gasteiger partial charge >= 0.3 is 5.97 Å². The second kappa shape index (κ2) is 6.97. The van der Waals surface area contributed by atoms with Crippen LogP contribution in [0.25, 0.3) is 0 Å². The molecule has 0 aromatic rings. The number of hydrogen-bond donors (Lipinski definition) is 2. The van der Waals surface area contributed by atoms with E-state index in [4.69, 9.17) is 15.6 Å². The van der Waals surface area contributed by atoms with Crippen molar-refractivity contribution in [3.8, 4) is 0 Å². The van der Waals surface area contributed by atoms with Gasteiger partial charge < -0.3 is 20.5 Å². The van der Waals surface area contributed by atoms with E-state index in [9.17, 15) is 9.69 Å². The molecule has 0 aromatic carbocycles. The average Bonchev–Trinajstić information content (AvgIpc) is 2.10. The molecule has 0 fully saturated rings. The van der Waals surface area contributed by atoms with Gasteiger partial charge in [-0.05, 0) is 6.92 Å². The molecule has 0 aliphatic rings. The molecule has 1 unspecified atom stereocenters. The second-order valence-corrected chi connectivity index (χ2v) is 3.86. The fraction of sp³-hybridized carbons (Fsp3) is 0.714. The quantitative estimate of drug-likeness (QED) is 0.564. The van der Waals surface area contributed by atoms with Gasteiger partial charge in [0, 0.05) is 13.0 Å². The van der Waals surface area contributed by atoms with Gasteiger partial charge in [0.15, 0.2) is 0 Å². The lowest BCUT2D eigenvalue weighted by atomic mass is 10.2. The van der Waals surface area contributed by atoms with Gasteiger partial charge in [0.2, 0.25) is 6.35 Å². The van der Waals surface area contributed by atoms with Crippen LogP contribution >= 0.6 is 7.77 Å². The van der Waals surface area contributed by atoms with Crippen LogP contribution in [0.15, 0.2) is 0 Å². The van der Waals surface area contributed by atoms with Crippen LogP contribution in [0.2, 0.25) is 0 Å². The van der Waals surface area contributed by atoms with E-state index in [1.165, 1.54) is 5.80 Å². The summed E-state index contributed by atoms with van der Waals surface area (Å²) >= 11 is 0. The maximum absolute atomic E-state index is 11.0. The van der Waals surface area contributed by atoms with E-state index in [0.717, 1.165) is 0 Å². The molecular weight excluding hydrogens is 193 g/mol. The van der Waals surface area contributed by atoms with Crippen molar-refractivity contribution in [3.05, 3.63) is 0 Å². The van der Waals surface area contributed by atoms with Crippen LogP contribution < -0.4 is 10.6 Å². The fourth-order valence-corrected chi connectivity index (χ4v) is 1.50. The van der Waals surface area contributed by atoms with Crippen LogP contribution in [0, 0.1) is 0 Å². The zero-order chi connectivity index (χ0) is 10.3. The predicted molar refractivity (Wildman–Crippen MR) is 49.7 cm³/mol. The lowest BCUT2D eigenvalue weighted by molar-refractivity contribution is -0.156. The molecule has 76 valence electrons. The summed E-state index contributed by atoms with van der Waals surface area (Å²) < 4.78 is 4.88. The van der Waals surface area contributed by atoms with Crippen molar-refractivity contribution in [2.45, 2.75) is 19.4 Å². The molecule has 0 spiro atoms. The first kappa shape index (κ1) is 12.5. The molecule has 5 nitrogen and oxygen atoms in total. The number of ether oxygens (including phenoxy) is 1. The van der Waals surface area contributed by atoms with Crippen molar-refractivity contribution < 1.29 is 19.5 Å². The molecule has 0 heterocycles. The van der Waals surface area contributed by atoms with Crippen LogP contribution in [0.5, 0.6) is 0 Å². The Morgan fingerprint density at radius 2 is 2.46 bits per heavy atom. The van der Waals surface area contributed by atoms with Gasteiger partial charge in [-0.15, -0.1) is 0 Å². The van der Waals surface area contributed by atoms with Gasteiger partial charge in [-0.1, -0.05) is 0 Å². The molecule has 3 N–H and O–H groups in total. The first-order valence-electron chi connectivity index (χ1n) is 3.91. The van der Waals surface area contributed by atoms with Gasteiger partial charge in [-0.25, -0.2) is 0 Å². The molecule has 0 saturated carbocycles. The van der Waals surface area contributed by atoms with E-state index < -0.39 is 19.8 Å². The summed E-state index contributed by atoms with van der Waals surface area (Å²) in [7, 11) is -1.58. The molecule has 0 bridgehead atoms. The minimum Gasteiger partial charge on any atom is -0.629 e. The number of carbonyl (C=O) groups is 1. The SMILES string of the molecule is CCOC[P+]([O-])=CC[C@H](N)C(=O)O. The Morgan fingerprint density at radius 1 is 1.85 bits per heavy atom. The second-order valence-electron chi connectivity index (χ2n) is 2.40. The van der Waals surface area contributed by atoms with Crippen molar-refractivity contribution in [1.82, 2.24) is 0 Å². The third-order valence-corrected chi connectivity index (χ3v) is 2.36. The number of rotatable bonds is 6. The summed E-state index contributed by atoms with van der Waals surface area (Å²) in [4.78, 5) is 21.3. The van der Waals surface area contributed by atoms with Crippen LogP contribution in [0.4, 0.5) is 0 Å². The van der Waals surface area contributed by atoms with Gasteiger partial charge in [-0.2, -0.15) is 0 Å². The minimum atomic E-state index is -1.58. The van der Waals surface area contributed by atoms with Crippen molar-refractivity contribution in [1.29, 1.82) is 0 Å². The lowest BCUT2D eigenvalue weighted by Crippen LogP contribution is -2.30. The summed E-state index contributed by atoms with van der Waals surface area (Å²) in [5.74, 6) is 0.306. The third kappa shape index (κ3) is 6.66. The van der Waals surface area contributed by atoms with Crippen LogP contribution in [0.1, 0.15) is 13.3 Å². The topological polar surface area (TPSA) is 95.6 Å². The first-order valence-corrected chi connectivity index (χ1v) is 5.42. The fourth-order valence-electron chi connectivity index (χ4n) is 0.566. The summed E-state index contributed by atoms with van der Waals surface area (Å²) in [5, 5.41) is 8.40. The molecule has 0 amide bonds. The smallest absolute Gasteiger partial charge is 0.320 e. The third-order valence-electron chi connectivity index (χ3n) is 1.30. The van der Waals surface area contributed by atoms with E-state index in [0.29, 0.717) is 6.61 Å². The molecule has 0 aromatic heterocycles. The summed E-state index contributed by atoms with van der Waals surface area (Å²) in [6.45, 7) is 2.30. The molecule has 13 heavy (non-hydrogen) atoms. The molecule has 0 aliphatic carbocycles. The Labute approximate surface area is 78.0 Å². The van der Waals surface area contributed by atoms with E-state index in [-0.39, 0.29) is 12.8 Å². The summed E-state index contributed by atoms with van der Waals surface area (Å²) in [5.41, 5.74) is 5.19. The van der Waals surface area contributed by atoms with Crippen LogP contribution in [0.3, 0.4) is 0 Å². The van der Waals surface area contributed by atoms with Gasteiger partial charge in [0.05, 0.1) is 13.6 Å². The monoisotopic (exact) mass is 207 g/mol. The van der Waals surface area contributed by atoms with E-state index in [2.05, 4.69) is 0 Å². The normalized spacial score (nSPS) is 14.2. The number of nitrogens with two attached hydrogens (primary N) is 1. The van der Waals surface area contributed by atoms with E-state index in [1.54, 1.807) is 6.92 Å². The molecule has 0 radical (unpaired) electrons. The maximum atomic E-state index is 11.0. The average molecular weight is 207 g/mol. The molecule has 0 saturated heterocycles. The Hall–Kier alpha value is -0.480. The standard InChI is InChI=1S/C7H14NO4P/c1-2-12-5-13(11)4-3-6(8)7(9)10/h4,6H,2-3,5,8H2,1H3,(H,9,10)/t6-/m0/s1. The highest BCUT2D eigenvalue weighted by molar-refractivity contribution is 7.49. The van der Waals surface area contributed by atoms with Gasteiger partial charge in [0.25, 0.3) is 0 Å². The largest absolute Gasteiger partial charge is 0.629 e. The predicted octanol–water partition coefficient (Wildman–Crippen LogP) is -0.658. The van der Waals surface area contributed by atoms with Crippen LogP contribution in [-0.2, 0) is 9.53 Å². The van der Waals surface area contributed by atoms with Crippen molar-refractivity contribution in [3.63, 3.8) is 0 Å². The highest BCUT2D eigenvalue weighted by atomic mass is 31.1. The highest BCUT2D eigenvalue weighted by Crippen LogP contribution is 2.09. The van der Waals surface area contributed by atoms with E-state index in [1.807, 2.05) is 0 Å². The van der Waals surface area contributed by atoms with Crippen molar-refractivity contribution >= 4 is 19.5 Å². The van der Waals surface area contributed by atoms with Gasteiger partial charge in [-0.3, -0.25) is 4.79 Å². The minimum absolute atomic E-state index is 0.109. The van der Waals surface area contributed by atoms with Crippen molar-refractivity contribution in [2.24, 2.45) is 5.73 Å². The highest BCUT2D eigenvalue weighted by Gasteiger charge is 2.10. The van der Waals surface area contributed by atoms with E-state index >= 15 is 0 Å². The van der Waals surface area contributed by atoms with Gasteiger partial charge in [0.1, 0.15) is 6.04 Å². The summed E-state index contributed by atoms with van der Waals surface area (Å²) in [6.07, 6.45) is 0.246. The molecule has 0 rings (SSSR count). The zero-order valence-electron chi connectivity index (χ0n) is 7.47. The number of hydrogen-bond acceptors (Lipinski definition) is 4. The molecular formula is C7H14NO4P. The van der Waals surface area contributed by atoms with Crippen molar-refractivity contribution in [2.75, 3.05) is 13.0 Å². The zero-order valence-corrected chi connectivity index (χ0v) is 8.37. The Balaban J connectivity index is 3.75. The maximum Gasteiger partial charge on any atom is 0.320 e. The molecule has 0 aliphatic heterocycles. The lowest BCUT2D eigenvalue weighted by Gasteiger charge is -2.01.